The van der Waals surface area contributed by atoms with Crippen LogP contribution in [0, 0.1) is 6.92 Å². The van der Waals surface area contributed by atoms with Gasteiger partial charge in [-0.3, -0.25) is 0 Å². The fourth-order valence-electron chi connectivity index (χ4n) is 5.19. The van der Waals surface area contributed by atoms with Gasteiger partial charge in [-0.05, 0) is 31.9 Å². The molecule has 2 saturated carbocycles. The van der Waals surface area contributed by atoms with Gasteiger partial charge in [0.15, 0.2) is 5.65 Å². The van der Waals surface area contributed by atoms with E-state index in [-0.39, 0.29) is 18.9 Å². The number of nitrogens with one attached hydrogen (secondary N) is 1. The van der Waals surface area contributed by atoms with Gasteiger partial charge in [-0.1, -0.05) is 19.3 Å². The molecule has 0 spiro atoms. The highest BCUT2D eigenvalue weighted by molar-refractivity contribution is 5.85. The average molecular weight is 437 g/mol. The van der Waals surface area contributed by atoms with Crippen LogP contribution in [0.1, 0.15) is 56.8 Å². The zero-order chi connectivity index (χ0) is 21.9. The van der Waals surface area contributed by atoms with E-state index in [1.807, 2.05) is 18.5 Å². The number of nitrogens with zero attached hydrogens (tertiary/aromatic N) is 6. The van der Waals surface area contributed by atoms with E-state index in [4.69, 9.17) is 4.98 Å². The minimum Gasteiger partial charge on any atom is -0.350 e. The molecule has 2 aliphatic carbocycles. The van der Waals surface area contributed by atoms with E-state index in [2.05, 4.69) is 37.9 Å². The van der Waals surface area contributed by atoms with Crippen LogP contribution in [0.2, 0.25) is 0 Å². The molecule has 4 aromatic rings. The first-order chi connectivity index (χ1) is 15.5. The number of hydrogen-bond donors (Lipinski definition) is 1. The van der Waals surface area contributed by atoms with E-state index < -0.39 is 5.92 Å². The van der Waals surface area contributed by atoms with Crippen molar-refractivity contribution in [3.63, 3.8) is 0 Å². The van der Waals surface area contributed by atoms with Gasteiger partial charge < -0.3 is 9.88 Å². The third-order valence-electron chi connectivity index (χ3n) is 6.81. The molecule has 4 heterocycles. The van der Waals surface area contributed by atoms with Gasteiger partial charge in [0, 0.05) is 48.4 Å². The van der Waals surface area contributed by atoms with Crippen LogP contribution in [-0.4, -0.2) is 41.1 Å². The molecule has 0 atom stereocenters. The van der Waals surface area contributed by atoms with Crippen molar-refractivity contribution in [1.29, 1.82) is 0 Å². The maximum absolute atomic E-state index is 13.1. The Morgan fingerprint density at radius 1 is 1.06 bits per heavy atom. The lowest BCUT2D eigenvalue weighted by Crippen LogP contribution is -2.44. The number of imidazole rings is 1. The van der Waals surface area contributed by atoms with Crippen LogP contribution >= 0.6 is 0 Å². The van der Waals surface area contributed by atoms with Gasteiger partial charge >= 0.3 is 0 Å². The van der Waals surface area contributed by atoms with Crippen molar-refractivity contribution >= 4 is 22.6 Å². The molecule has 4 aromatic heterocycles. The first kappa shape index (κ1) is 19.6. The lowest BCUT2D eigenvalue weighted by atomic mass is 9.88. The number of rotatable bonds is 4. The van der Waals surface area contributed by atoms with Crippen LogP contribution in [0.4, 0.5) is 14.7 Å². The lowest BCUT2D eigenvalue weighted by Gasteiger charge is -2.35. The maximum atomic E-state index is 13.1. The number of pyridine rings is 1. The Morgan fingerprint density at radius 2 is 1.88 bits per heavy atom. The number of alkyl halides is 2. The smallest absolute Gasteiger partial charge is 0.252 e. The van der Waals surface area contributed by atoms with Gasteiger partial charge in [-0.2, -0.15) is 0 Å². The summed E-state index contributed by atoms with van der Waals surface area (Å²) in [5.41, 5.74) is 4.66. The third kappa shape index (κ3) is 3.30. The van der Waals surface area contributed by atoms with Crippen molar-refractivity contribution in [2.45, 2.75) is 69.9 Å². The van der Waals surface area contributed by atoms with Gasteiger partial charge in [-0.15, -0.1) is 5.10 Å². The SMILES string of the molecule is Cc1nc2ncc(-c3ccn4nc(NC5CC(F)(F)C5)ncc34)cc2n1C1CCCCC1. The summed E-state index contributed by atoms with van der Waals surface area (Å²) in [6, 6.07) is 4.34. The molecule has 2 fully saturated rings. The molecule has 1 N–H and O–H groups in total. The lowest BCUT2D eigenvalue weighted by molar-refractivity contribution is -0.0794. The third-order valence-corrected chi connectivity index (χ3v) is 6.81. The van der Waals surface area contributed by atoms with E-state index in [0.717, 1.165) is 33.6 Å². The summed E-state index contributed by atoms with van der Waals surface area (Å²) in [4.78, 5) is 13.7. The number of fused-ring (bicyclic) bond motifs is 2. The Hall–Kier alpha value is -3.10. The number of aromatic nitrogens is 6. The molecule has 0 aliphatic heterocycles. The molecular weight excluding hydrogens is 412 g/mol. The molecular formula is C23H25F2N7. The molecule has 0 radical (unpaired) electrons. The van der Waals surface area contributed by atoms with Gasteiger partial charge in [0.1, 0.15) is 5.82 Å². The number of halogens is 2. The summed E-state index contributed by atoms with van der Waals surface area (Å²) >= 11 is 0. The van der Waals surface area contributed by atoms with E-state index in [9.17, 15) is 8.78 Å². The van der Waals surface area contributed by atoms with Crippen LogP contribution < -0.4 is 5.32 Å². The fourth-order valence-corrected chi connectivity index (χ4v) is 5.19. The molecule has 0 amide bonds. The normalized spacial score (nSPS) is 19.5. The second-order valence-electron chi connectivity index (χ2n) is 9.13. The monoisotopic (exact) mass is 437 g/mol. The molecule has 9 heteroatoms. The first-order valence-corrected chi connectivity index (χ1v) is 11.3. The summed E-state index contributed by atoms with van der Waals surface area (Å²) in [6.45, 7) is 2.06. The molecule has 6 rings (SSSR count). The van der Waals surface area contributed by atoms with Gasteiger partial charge in [0.25, 0.3) is 5.92 Å². The predicted octanol–water partition coefficient (Wildman–Crippen LogP) is 5.16. The second kappa shape index (κ2) is 7.21. The Kier molecular flexibility index (Phi) is 4.41. The van der Waals surface area contributed by atoms with Crippen molar-refractivity contribution in [3.05, 3.63) is 36.5 Å². The van der Waals surface area contributed by atoms with Gasteiger partial charge in [0.2, 0.25) is 5.95 Å². The standard InChI is InChI=1S/C23H25F2N7/c1-14-28-21-19(32(14)17-5-3-2-4-6-17)9-15(12-26-21)18-7-8-31-20(18)13-27-22(30-31)29-16-10-23(24,25)11-16/h7-9,12-13,16-17H,2-6,10-11H2,1H3,(H,29,30). The molecule has 0 aromatic carbocycles. The molecule has 2 aliphatic rings. The van der Waals surface area contributed by atoms with Gasteiger partial charge in [-0.25, -0.2) is 28.2 Å². The van der Waals surface area contributed by atoms with Gasteiger partial charge in [0.05, 0.1) is 17.2 Å². The quantitative estimate of drug-likeness (QED) is 0.477. The van der Waals surface area contributed by atoms with E-state index in [0.29, 0.717) is 12.0 Å². The number of hydrogen-bond acceptors (Lipinski definition) is 5. The van der Waals surface area contributed by atoms with E-state index in [1.54, 1.807) is 10.7 Å². The fraction of sp³-hybridized carbons (Fsp3) is 0.478. The first-order valence-electron chi connectivity index (χ1n) is 11.3. The largest absolute Gasteiger partial charge is 0.350 e. The average Bonchev–Trinajstić information content (AvgIpc) is 3.32. The van der Waals surface area contributed by atoms with Crippen LogP contribution in [0.25, 0.3) is 27.8 Å². The van der Waals surface area contributed by atoms with E-state index in [1.165, 1.54) is 32.1 Å². The van der Waals surface area contributed by atoms with Crippen molar-refractivity contribution < 1.29 is 8.78 Å². The Labute approximate surface area is 183 Å². The number of aryl methyl sites for hydroxylation is 1. The van der Waals surface area contributed by atoms with Crippen molar-refractivity contribution in [2.24, 2.45) is 0 Å². The van der Waals surface area contributed by atoms with Crippen LogP contribution in [0.3, 0.4) is 0 Å². The predicted molar refractivity (Wildman–Crippen MR) is 118 cm³/mol. The Balaban J connectivity index is 1.33. The summed E-state index contributed by atoms with van der Waals surface area (Å²) < 4.78 is 30.3. The highest BCUT2D eigenvalue weighted by Crippen LogP contribution is 2.39. The van der Waals surface area contributed by atoms with Crippen LogP contribution in [-0.2, 0) is 0 Å². The summed E-state index contributed by atoms with van der Waals surface area (Å²) in [5.74, 6) is -1.20. The van der Waals surface area contributed by atoms with Crippen molar-refractivity contribution in [3.8, 4) is 11.1 Å². The van der Waals surface area contributed by atoms with Crippen LogP contribution in [0.15, 0.2) is 30.7 Å². The zero-order valence-electron chi connectivity index (χ0n) is 17.9. The highest BCUT2D eigenvalue weighted by atomic mass is 19.3. The maximum Gasteiger partial charge on any atom is 0.252 e. The molecule has 32 heavy (non-hydrogen) atoms. The molecule has 0 saturated heterocycles. The number of anilines is 1. The molecule has 0 bridgehead atoms. The Morgan fingerprint density at radius 3 is 2.66 bits per heavy atom. The zero-order valence-corrected chi connectivity index (χ0v) is 17.9. The topological polar surface area (TPSA) is 72.9 Å². The summed E-state index contributed by atoms with van der Waals surface area (Å²) in [6.07, 6.45) is 11.3. The molecule has 166 valence electrons. The minimum absolute atomic E-state index is 0.175. The highest BCUT2D eigenvalue weighted by Gasteiger charge is 2.45. The molecule has 7 nitrogen and oxygen atoms in total. The summed E-state index contributed by atoms with van der Waals surface area (Å²) in [5, 5.41) is 7.46. The van der Waals surface area contributed by atoms with Crippen molar-refractivity contribution in [1.82, 2.24) is 29.1 Å². The van der Waals surface area contributed by atoms with Crippen molar-refractivity contribution in [2.75, 3.05) is 5.32 Å². The van der Waals surface area contributed by atoms with E-state index >= 15 is 0 Å². The van der Waals surface area contributed by atoms with Crippen LogP contribution in [0.5, 0.6) is 0 Å². The summed E-state index contributed by atoms with van der Waals surface area (Å²) in [7, 11) is 0. The second-order valence-corrected chi connectivity index (χ2v) is 9.13. The Bertz CT molecular complexity index is 1290. The molecule has 0 unspecified atom stereocenters. The minimum atomic E-state index is -2.57.